The number of benzene rings is 1. The van der Waals surface area contributed by atoms with Gasteiger partial charge in [0.1, 0.15) is 5.75 Å². The highest BCUT2D eigenvalue weighted by molar-refractivity contribution is 8.00. The molecule has 0 aliphatic rings. The predicted molar refractivity (Wildman–Crippen MR) is 104 cm³/mol. The van der Waals surface area contributed by atoms with E-state index in [1.165, 1.54) is 16.8 Å². The maximum atomic E-state index is 12.4. The van der Waals surface area contributed by atoms with Gasteiger partial charge in [0.15, 0.2) is 0 Å². The second kappa shape index (κ2) is 8.26. The lowest BCUT2D eigenvalue weighted by atomic mass is 10.3. The van der Waals surface area contributed by atoms with Gasteiger partial charge in [0.2, 0.25) is 11.1 Å². The lowest BCUT2D eigenvalue weighted by molar-refractivity contribution is -0.274. The summed E-state index contributed by atoms with van der Waals surface area (Å²) in [5.41, 5.74) is 1.94. The van der Waals surface area contributed by atoms with Gasteiger partial charge >= 0.3 is 6.36 Å². The first kappa shape index (κ1) is 21.5. The number of nitrogens with zero attached hydrogens (tertiary/aromatic N) is 5. The lowest BCUT2D eigenvalue weighted by Crippen LogP contribution is -2.24. The molecule has 3 N–H and O–H groups in total. The van der Waals surface area contributed by atoms with Gasteiger partial charge in [-0.25, -0.2) is 9.36 Å². The summed E-state index contributed by atoms with van der Waals surface area (Å²) in [6.45, 7) is 5.33. The zero-order valence-electron chi connectivity index (χ0n) is 16.1. The van der Waals surface area contributed by atoms with Gasteiger partial charge in [-0.1, -0.05) is 11.8 Å². The maximum Gasteiger partial charge on any atom is 0.573 e. The van der Waals surface area contributed by atoms with Gasteiger partial charge in [0.05, 0.1) is 10.9 Å². The fraction of sp³-hybridized carbons (Fsp3) is 0.294. The van der Waals surface area contributed by atoms with Crippen LogP contribution in [0.3, 0.4) is 0 Å². The van der Waals surface area contributed by atoms with E-state index in [1.54, 1.807) is 11.6 Å². The van der Waals surface area contributed by atoms with Crippen molar-refractivity contribution in [1.29, 1.82) is 0 Å². The number of carbonyl (C=O) groups is 1. The van der Waals surface area contributed by atoms with Crippen LogP contribution in [0.2, 0.25) is 0 Å². The quantitative estimate of drug-likeness (QED) is 0.447. The van der Waals surface area contributed by atoms with E-state index in [-0.39, 0.29) is 11.7 Å². The van der Waals surface area contributed by atoms with E-state index in [0.29, 0.717) is 16.8 Å². The molecular formula is C17H18F3N7O2S. The first-order valence-corrected chi connectivity index (χ1v) is 9.49. The molecule has 160 valence electrons. The molecule has 2 heterocycles. The summed E-state index contributed by atoms with van der Waals surface area (Å²) in [5, 5.41) is 14.6. The number of alkyl halides is 3. The van der Waals surface area contributed by atoms with Gasteiger partial charge in [-0.15, -0.1) is 23.4 Å². The molecule has 1 amide bonds. The number of nitrogen functional groups attached to an aromatic ring is 1. The van der Waals surface area contributed by atoms with Crippen molar-refractivity contribution in [2.24, 2.45) is 0 Å². The Morgan fingerprint density at radius 2 is 1.90 bits per heavy atom. The van der Waals surface area contributed by atoms with Gasteiger partial charge < -0.3 is 15.9 Å². The SMILES string of the molecule is Cc1cc(C)n(-c2nnc(SC(C)C(=O)Nc3ccc(OC(F)(F)F)cc3)n2N)n1. The number of carbonyl (C=O) groups excluding carboxylic acids is 1. The van der Waals surface area contributed by atoms with Crippen molar-refractivity contribution in [3.8, 4) is 11.7 Å². The number of ether oxygens (including phenoxy) is 1. The standard InChI is InChI=1S/C17H18F3N7O2S/c1-9-8-10(2)27(25-9)15-23-24-16(26(15)21)30-11(3)14(28)22-12-4-6-13(7-5-12)29-17(18,19)20/h4-8,11H,21H2,1-3H3,(H,22,28). The summed E-state index contributed by atoms with van der Waals surface area (Å²) in [5.74, 6) is 5.59. The molecule has 3 rings (SSSR count). The zero-order valence-corrected chi connectivity index (χ0v) is 17.0. The number of nitrogens with two attached hydrogens (primary N) is 1. The number of hydrogen-bond acceptors (Lipinski definition) is 7. The molecule has 0 spiro atoms. The van der Waals surface area contributed by atoms with Crippen molar-refractivity contribution in [2.45, 2.75) is 37.5 Å². The normalized spacial score (nSPS) is 12.6. The Labute approximate surface area is 173 Å². The van der Waals surface area contributed by atoms with Crippen LogP contribution in [0.25, 0.3) is 5.95 Å². The topological polar surface area (TPSA) is 113 Å². The summed E-state index contributed by atoms with van der Waals surface area (Å²) < 4.78 is 43.2. The van der Waals surface area contributed by atoms with E-state index in [9.17, 15) is 18.0 Å². The molecule has 3 aromatic rings. The molecule has 0 saturated heterocycles. The fourth-order valence-corrected chi connectivity index (χ4v) is 3.29. The fourth-order valence-electron chi connectivity index (χ4n) is 2.52. The van der Waals surface area contributed by atoms with E-state index in [0.717, 1.165) is 35.3 Å². The summed E-state index contributed by atoms with van der Waals surface area (Å²) in [6.07, 6.45) is -4.78. The van der Waals surface area contributed by atoms with E-state index in [4.69, 9.17) is 5.84 Å². The average molecular weight is 441 g/mol. The summed E-state index contributed by atoms with van der Waals surface area (Å²) in [6, 6.07) is 6.70. The van der Waals surface area contributed by atoms with E-state index < -0.39 is 11.6 Å². The highest BCUT2D eigenvalue weighted by Gasteiger charge is 2.31. The van der Waals surface area contributed by atoms with Crippen molar-refractivity contribution < 1.29 is 22.7 Å². The molecule has 13 heteroatoms. The van der Waals surface area contributed by atoms with Crippen LogP contribution in [0.5, 0.6) is 5.75 Å². The predicted octanol–water partition coefficient (Wildman–Crippen LogP) is 2.81. The Hall–Kier alpha value is -3.22. The summed E-state index contributed by atoms with van der Waals surface area (Å²) in [4.78, 5) is 12.4. The second-order valence-corrected chi connectivity index (χ2v) is 7.62. The van der Waals surface area contributed by atoms with E-state index >= 15 is 0 Å². The molecule has 0 bridgehead atoms. The van der Waals surface area contributed by atoms with E-state index in [1.807, 2.05) is 19.9 Å². The van der Waals surface area contributed by atoms with Gasteiger partial charge in [-0.05, 0) is 51.1 Å². The molecular weight excluding hydrogens is 423 g/mol. The van der Waals surface area contributed by atoms with Crippen LogP contribution in [0, 0.1) is 13.8 Å². The molecule has 0 aliphatic carbocycles. The third-order valence-corrected chi connectivity index (χ3v) is 4.91. The molecule has 9 nitrogen and oxygen atoms in total. The van der Waals surface area contributed by atoms with Crippen LogP contribution < -0.4 is 15.9 Å². The molecule has 2 aromatic heterocycles. The molecule has 1 aromatic carbocycles. The van der Waals surface area contributed by atoms with Gasteiger partial charge in [0, 0.05) is 11.4 Å². The van der Waals surface area contributed by atoms with Crippen LogP contribution in [0.4, 0.5) is 18.9 Å². The summed E-state index contributed by atoms with van der Waals surface area (Å²) in [7, 11) is 0. The summed E-state index contributed by atoms with van der Waals surface area (Å²) >= 11 is 1.07. The van der Waals surface area contributed by atoms with Gasteiger partial charge in [0.25, 0.3) is 5.95 Å². The molecule has 1 unspecified atom stereocenters. The van der Waals surface area contributed by atoms with Gasteiger partial charge in [-0.3, -0.25) is 4.79 Å². The van der Waals surface area contributed by atoms with E-state index in [2.05, 4.69) is 25.3 Å². The Balaban J connectivity index is 1.64. The number of hydrogen-bond donors (Lipinski definition) is 2. The molecule has 0 aliphatic heterocycles. The van der Waals surface area contributed by atoms with Crippen molar-refractivity contribution in [1.82, 2.24) is 24.7 Å². The van der Waals surface area contributed by atoms with Crippen LogP contribution in [0.1, 0.15) is 18.3 Å². The number of anilines is 1. The minimum Gasteiger partial charge on any atom is -0.406 e. The van der Waals surface area contributed by atoms with Crippen LogP contribution in [-0.2, 0) is 4.79 Å². The number of amides is 1. The molecule has 1 atom stereocenters. The van der Waals surface area contributed by atoms with Crippen molar-refractivity contribution in [3.05, 3.63) is 41.7 Å². The number of nitrogens with one attached hydrogen (secondary N) is 1. The highest BCUT2D eigenvalue weighted by atomic mass is 32.2. The Morgan fingerprint density at radius 3 is 2.47 bits per heavy atom. The highest BCUT2D eigenvalue weighted by Crippen LogP contribution is 2.26. The number of rotatable bonds is 6. The number of thioether (sulfide) groups is 1. The number of halogens is 3. The Kier molecular flexibility index (Phi) is 5.92. The largest absolute Gasteiger partial charge is 0.573 e. The third-order valence-electron chi connectivity index (χ3n) is 3.85. The number of aryl methyl sites for hydroxylation is 2. The zero-order chi connectivity index (χ0) is 22.1. The first-order chi connectivity index (χ1) is 14.0. The second-order valence-electron chi connectivity index (χ2n) is 6.31. The minimum absolute atomic E-state index is 0.300. The monoisotopic (exact) mass is 441 g/mol. The molecule has 0 fully saturated rings. The van der Waals surface area contributed by atoms with Crippen molar-refractivity contribution >= 4 is 23.4 Å². The average Bonchev–Trinajstić information content (AvgIpc) is 3.16. The van der Waals surface area contributed by atoms with Crippen LogP contribution in [0.15, 0.2) is 35.5 Å². The minimum atomic E-state index is -4.78. The van der Waals surface area contributed by atoms with Crippen LogP contribution >= 0.6 is 11.8 Å². The van der Waals surface area contributed by atoms with Crippen molar-refractivity contribution in [3.63, 3.8) is 0 Å². The third kappa shape index (κ3) is 5.03. The Morgan fingerprint density at radius 1 is 1.23 bits per heavy atom. The first-order valence-electron chi connectivity index (χ1n) is 8.61. The molecule has 0 saturated carbocycles. The smallest absolute Gasteiger partial charge is 0.406 e. The lowest BCUT2D eigenvalue weighted by Gasteiger charge is -2.13. The van der Waals surface area contributed by atoms with Crippen molar-refractivity contribution in [2.75, 3.05) is 11.2 Å². The van der Waals surface area contributed by atoms with Gasteiger partial charge in [-0.2, -0.15) is 5.10 Å². The maximum absolute atomic E-state index is 12.4. The molecule has 30 heavy (non-hydrogen) atoms. The number of aromatic nitrogens is 5. The molecule has 0 radical (unpaired) electrons. The Bertz CT molecular complexity index is 1050. The van der Waals surface area contributed by atoms with Crippen LogP contribution in [-0.4, -0.2) is 42.2 Å².